The van der Waals surface area contributed by atoms with E-state index >= 15 is 0 Å². The van der Waals surface area contributed by atoms with Gasteiger partial charge >= 0.3 is 0 Å². The van der Waals surface area contributed by atoms with E-state index in [4.69, 9.17) is 0 Å². The first kappa shape index (κ1) is 15.9. The summed E-state index contributed by atoms with van der Waals surface area (Å²) in [6.45, 7) is 4.75. The van der Waals surface area contributed by atoms with Gasteiger partial charge in [-0.25, -0.2) is 8.42 Å². The van der Waals surface area contributed by atoms with E-state index < -0.39 is 10.0 Å². The molecule has 2 heterocycles. The van der Waals surface area contributed by atoms with E-state index in [1.807, 2.05) is 6.07 Å². The standard InChI is InChI=1S/C13H17Br2N3O2S/c14-10-1-2-12(15)13(7-10)21(19,20)18-5-3-17(4-6-18)11-8-16-9-11/h1-2,7,11,16H,3-6,8-9H2. The van der Waals surface area contributed by atoms with Crippen molar-refractivity contribution in [3.05, 3.63) is 27.1 Å². The van der Waals surface area contributed by atoms with Gasteiger partial charge in [-0.2, -0.15) is 4.31 Å². The number of benzene rings is 1. The van der Waals surface area contributed by atoms with Crippen LogP contribution in [0.5, 0.6) is 0 Å². The highest BCUT2D eigenvalue weighted by Gasteiger charge is 2.33. The summed E-state index contributed by atoms with van der Waals surface area (Å²) < 4.78 is 28.5. The van der Waals surface area contributed by atoms with Gasteiger partial charge in [0.05, 0.1) is 4.90 Å². The van der Waals surface area contributed by atoms with Crippen LogP contribution in [-0.2, 0) is 10.0 Å². The molecule has 2 fully saturated rings. The minimum absolute atomic E-state index is 0.329. The Balaban J connectivity index is 1.75. The Morgan fingerprint density at radius 3 is 2.33 bits per heavy atom. The zero-order valence-corrected chi connectivity index (χ0v) is 15.4. The molecule has 5 nitrogen and oxygen atoms in total. The highest BCUT2D eigenvalue weighted by atomic mass is 79.9. The van der Waals surface area contributed by atoms with Gasteiger partial charge in [-0.15, -0.1) is 0 Å². The number of rotatable bonds is 3. The van der Waals surface area contributed by atoms with E-state index in [2.05, 4.69) is 42.1 Å². The first-order valence-corrected chi connectivity index (χ1v) is 9.91. The number of nitrogens with zero attached hydrogens (tertiary/aromatic N) is 2. The first-order valence-electron chi connectivity index (χ1n) is 6.88. The van der Waals surface area contributed by atoms with Crippen LogP contribution in [0.4, 0.5) is 0 Å². The van der Waals surface area contributed by atoms with Crippen LogP contribution >= 0.6 is 31.9 Å². The molecule has 0 saturated carbocycles. The van der Waals surface area contributed by atoms with E-state index in [9.17, 15) is 8.42 Å². The molecular formula is C13H17Br2N3O2S. The molecule has 2 saturated heterocycles. The number of halogens is 2. The summed E-state index contributed by atoms with van der Waals surface area (Å²) in [6.07, 6.45) is 0. The minimum atomic E-state index is -3.44. The predicted octanol–water partition coefficient (Wildman–Crippen LogP) is 1.49. The van der Waals surface area contributed by atoms with Gasteiger partial charge in [0.1, 0.15) is 0 Å². The molecule has 1 N–H and O–H groups in total. The van der Waals surface area contributed by atoms with Crippen LogP contribution in [-0.4, -0.2) is 62.9 Å². The average Bonchev–Trinajstić information content (AvgIpc) is 2.40. The van der Waals surface area contributed by atoms with Crippen molar-refractivity contribution in [2.75, 3.05) is 39.3 Å². The molecular weight excluding hydrogens is 422 g/mol. The van der Waals surface area contributed by atoms with Crippen molar-refractivity contribution < 1.29 is 8.42 Å². The second-order valence-corrected chi connectivity index (χ2v) is 9.00. The molecule has 1 aromatic rings. The van der Waals surface area contributed by atoms with Crippen molar-refractivity contribution in [3.8, 4) is 0 Å². The van der Waals surface area contributed by atoms with Gasteiger partial charge in [-0.1, -0.05) is 15.9 Å². The smallest absolute Gasteiger partial charge is 0.244 e. The lowest BCUT2D eigenvalue weighted by Gasteiger charge is -2.42. The molecule has 0 bridgehead atoms. The largest absolute Gasteiger partial charge is 0.314 e. The number of piperazine rings is 1. The maximum Gasteiger partial charge on any atom is 0.244 e. The van der Waals surface area contributed by atoms with Gasteiger partial charge in [0.15, 0.2) is 0 Å². The summed E-state index contributed by atoms with van der Waals surface area (Å²) in [7, 11) is -3.44. The highest BCUT2D eigenvalue weighted by Crippen LogP contribution is 2.29. The molecule has 1 aromatic carbocycles. The number of hydrogen-bond acceptors (Lipinski definition) is 4. The van der Waals surface area contributed by atoms with Gasteiger partial charge in [0.25, 0.3) is 0 Å². The van der Waals surface area contributed by atoms with E-state index in [0.29, 0.717) is 28.5 Å². The van der Waals surface area contributed by atoms with Crippen molar-refractivity contribution in [2.24, 2.45) is 0 Å². The molecule has 116 valence electrons. The number of sulfonamides is 1. The van der Waals surface area contributed by atoms with Crippen LogP contribution in [0.25, 0.3) is 0 Å². The second-order valence-electron chi connectivity index (χ2n) is 5.33. The Kier molecular flexibility index (Phi) is 4.73. The monoisotopic (exact) mass is 437 g/mol. The third-order valence-electron chi connectivity index (χ3n) is 4.06. The summed E-state index contributed by atoms with van der Waals surface area (Å²) in [4.78, 5) is 2.70. The van der Waals surface area contributed by atoms with Crippen LogP contribution in [0.15, 0.2) is 32.0 Å². The Morgan fingerprint density at radius 1 is 1.10 bits per heavy atom. The fraction of sp³-hybridized carbons (Fsp3) is 0.538. The molecule has 0 amide bonds. The fourth-order valence-corrected chi connectivity index (χ4v) is 5.54. The van der Waals surface area contributed by atoms with Crippen LogP contribution in [0.3, 0.4) is 0 Å². The van der Waals surface area contributed by atoms with Gasteiger partial charge in [-0.05, 0) is 34.1 Å². The zero-order chi connectivity index (χ0) is 15.0. The minimum Gasteiger partial charge on any atom is -0.314 e. The first-order chi connectivity index (χ1) is 9.98. The molecule has 8 heteroatoms. The van der Waals surface area contributed by atoms with Gasteiger partial charge in [0.2, 0.25) is 10.0 Å². The van der Waals surface area contributed by atoms with Crippen LogP contribution in [0.1, 0.15) is 0 Å². The topological polar surface area (TPSA) is 52.7 Å². The Morgan fingerprint density at radius 2 is 1.76 bits per heavy atom. The number of hydrogen-bond donors (Lipinski definition) is 1. The molecule has 0 aliphatic carbocycles. The summed E-state index contributed by atoms with van der Waals surface area (Å²) >= 11 is 6.68. The van der Waals surface area contributed by atoms with Crippen molar-refractivity contribution in [1.29, 1.82) is 0 Å². The molecule has 2 aliphatic rings. The molecule has 0 spiro atoms. The normalized spacial score (nSPS) is 22.2. The number of nitrogens with one attached hydrogen (secondary N) is 1. The molecule has 2 aliphatic heterocycles. The Bertz CT molecular complexity index is 626. The van der Waals surface area contributed by atoms with Crippen LogP contribution < -0.4 is 5.32 Å². The van der Waals surface area contributed by atoms with Crippen molar-refractivity contribution in [1.82, 2.24) is 14.5 Å². The fourth-order valence-electron chi connectivity index (χ4n) is 2.65. The summed E-state index contributed by atoms with van der Waals surface area (Å²) in [5, 5.41) is 3.25. The molecule has 0 radical (unpaired) electrons. The van der Waals surface area contributed by atoms with Crippen molar-refractivity contribution in [2.45, 2.75) is 10.9 Å². The summed E-state index contributed by atoms with van der Waals surface area (Å²) in [6, 6.07) is 5.81. The Hall–Kier alpha value is 0.01000. The van der Waals surface area contributed by atoms with Gasteiger partial charge < -0.3 is 5.32 Å². The van der Waals surface area contributed by atoms with E-state index in [1.165, 1.54) is 0 Å². The van der Waals surface area contributed by atoms with Crippen molar-refractivity contribution >= 4 is 41.9 Å². The lowest BCUT2D eigenvalue weighted by atomic mass is 10.1. The lowest BCUT2D eigenvalue weighted by molar-refractivity contribution is 0.103. The van der Waals surface area contributed by atoms with E-state index in [-0.39, 0.29) is 0 Å². The summed E-state index contributed by atoms with van der Waals surface area (Å²) in [5.74, 6) is 0. The van der Waals surface area contributed by atoms with E-state index in [0.717, 1.165) is 30.7 Å². The molecule has 3 rings (SSSR count). The average molecular weight is 439 g/mol. The second kappa shape index (κ2) is 6.25. The van der Waals surface area contributed by atoms with Crippen LogP contribution in [0.2, 0.25) is 0 Å². The SMILES string of the molecule is O=S(=O)(c1cc(Br)ccc1Br)N1CCN(C2CNC2)CC1. The zero-order valence-electron chi connectivity index (χ0n) is 11.4. The molecule has 0 unspecified atom stereocenters. The maximum absolute atomic E-state index is 12.8. The van der Waals surface area contributed by atoms with Gasteiger partial charge in [-0.3, -0.25) is 4.90 Å². The molecule has 21 heavy (non-hydrogen) atoms. The molecule has 0 atom stereocenters. The lowest BCUT2D eigenvalue weighted by Crippen LogP contribution is -2.62. The third-order valence-corrected chi connectivity index (χ3v) is 7.45. The third kappa shape index (κ3) is 3.20. The maximum atomic E-state index is 12.8. The quantitative estimate of drug-likeness (QED) is 0.776. The predicted molar refractivity (Wildman–Crippen MR) is 88.8 cm³/mol. The Labute approximate surface area is 142 Å². The van der Waals surface area contributed by atoms with Gasteiger partial charge in [0, 0.05) is 54.3 Å². The highest BCUT2D eigenvalue weighted by molar-refractivity contribution is 9.11. The summed E-state index contributed by atoms with van der Waals surface area (Å²) in [5.41, 5.74) is 0. The van der Waals surface area contributed by atoms with E-state index in [1.54, 1.807) is 16.4 Å². The van der Waals surface area contributed by atoms with Crippen molar-refractivity contribution in [3.63, 3.8) is 0 Å². The molecule has 0 aromatic heterocycles. The van der Waals surface area contributed by atoms with Crippen LogP contribution in [0, 0.1) is 0 Å².